The van der Waals surface area contributed by atoms with Gasteiger partial charge in [-0.25, -0.2) is 0 Å². The van der Waals surface area contributed by atoms with Gasteiger partial charge in [0, 0.05) is 61.1 Å². The summed E-state index contributed by atoms with van der Waals surface area (Å²) in [5.41, 5.74) is 9.30. The third kappa shape index (κ3) is 9.78. The van der Waals surface area contributed by atoms with Crippen molar-refractivity contribution >= 4 is 27.8 Å². The van der Waals surface area contributed by atoms with Crippen LogP contribution in [0.5, 0.6) is 0 Å². The molecular weight excluding hydrogens is 571 g/mol. The van der Waals surface area contributed by atoms with E-state index in [1.165, 1.54) is 50.1 Å². The molecule has 0 saturated heterocycles. The molecule has 0 radical (unpaired) electrons. The van der Waals surface area contributed by atoms with E-state index in [1.807, 2.05) is 0 Å². The summed E-state index contributed by atoms with van der Waals surface area (Å²) in [6.45, 7) is 30.6. The lowest BCUT2D eigenvalue weighted by Gasteiger charge is -2.31. The van der Waals surface area contributed by atoms with Crippen LogP contribution in [-0.2, 0) is 0 Å². The van der Waals surface area contributed by atoms with E-state index in [4.69, 9.17) is 0 Å². The number of nitrogens with zero attached hydrogens (tertiary/aromatic N) is 2. The van der Waals surface area contributed by atoms with Crippen LogP contribution in [0.25, 0.3) is 10.8 Å². The SMILES string of the molecule is Cc1cc(N(CC(C)C)CC(C)C)ccc1C(c1ccc(N(CC(C)C)CC(C)C)cc1)c1ccc(NCC(C)C)c2ccccc12. The molecule has 0 bridgehead atoms. The number of fused-ring (bicyclic) bond motifs is 1. The zero-order valence-corrected chi connectivity index (χ0v) is 31.4. The normalized spacial score (nSPS) is 12.6. The Morgan fingerprint density at radius 1 is 0.511 bits per heavy atom. The number of aryl methyl sites for hydroxylation is 1. The highest BCUT2D eigenvalue weighted by Gasteiger charge is 2.23. The predicted molar refractivity (Wildman–Crippen MR) is 210 cm³/mol. The predicted octanol–water partition coefficient (Wildman–Crippen LogP) is 11.6. The number of hydrogen-bond acceptors (Lipinski definition) is 3. The van der Waals surface area contributed by atoms with Gasteiger partial charge in [-0.1, -0.05) is 118 Å². The fourth-order valence-electron chi connectivity index (χ4n) is 6.96. The van der Waals surface area contributed by atoms with Crippen LogP contribution < -0.4 is 15.1 Å². The van der Waals surface area contributed by atoms with Gasteiger partial charge in [-0.15, -0.1) is 0 Å². The molecule has 1 atom stereocenters. The molecule has 1 unspecified atom stereocenters. The molecule has 4 aromatic carbocycles. The van der Waals surface area contributed by atoms with Gasteiger partial charge in [0.2, 0.25) is 0 Å². The number of nitrogens with one attached hydrogen (secondary N) is 1. The number of benzene rings is 4. The summed E-state index contributed by atoms with van der Waals surface area (Å²) < 4.78 is 0. The molecule has 0 spiro atoms. The van der Waals surface area contributed by atoms with Crippen LogP contribution in [0.4, 0.5) is 17.1 Å². The number of rotatable bonds is 16. The van der Waals surface area contributed by atoms with Crippen molar-refractivity contribution in [2.75, 3.05) is 47.8 Å². The van der Waals surface area contributed by atoms with Crippen molar-refractivity contribution in [2.45, 2.75) is 82.1 Å². The Kier molecular flexibility index (Phi) is 12.8. The van der Waals surface area contributed by atoms with Gasteiger partial charge in [0.15, 0.2) is 0 Å². The maximum absolute atomic E-state index is 3.73. The van der Waals surface area contributed by atoms with E-state index in [-0.39, 0.29) is 5.92 Å². The lowest BCUT2D eigenvalue weighted by atomic mass is 9.80. The lowest BCUT2D eigenvalue weighted by molar-refractivity contribution is 0.552. The fraction of sp³-hybridized carbons (Fsp3) is 0.500. The standard InChI is InChI=1S/C44H63N3/c1-30(2)25-45-43-23-22-42(40-14-12-13-15-41(40)43)44(36-16-18-37(19-17-36)46(26-31(3)4)27-32(5)6)39-21-20-38(24-35(39)11)47(28-33(7)8)29-34(9)10/h12-24,30-34,44-45H,25-29H2,1-11H3. The number of anilines is 3. The monoisotopic (exact) mass is 634 g/mol. The maximum Gasteiger partial charge on any atom is 0.0420 e. The molecule has 1 N–H and O–H groups in total. The zero-order valence-electron chi connectivity index (χ0n) is 31.4. The van der Waals surface area contributed by atoms with E-state index in [9.17, 15) is 0 Å². The van der Waals surface area contributed by atoms with Gasteiger partial charge in [-0.3, -0.25) is 0 Å². The molecule has 0 amide bonds. The molecule has 4 aromatic rings. The second-order valence-corrected chi connectivity index (χ2v) is 16.0. The Hall–Kier alpha value is -3.46. The van der Waals surface area contributed by atoms with Crippen LogP contribution in [0, 0.1) is 36.5 Å². The van der Waals surface area contributed by atoms with Gasteiger partial charge >= 0.3 is 0 Å². The van der Waals surface area contributed by atoms with Crippen LogP contribution in [0.15, 0.2) is 78.9 Å². The molecule has 47 heavy (non-hydrogen) atoms. The van der Waals surface area contributed by atoms with E-state index >= 15 is 0 Å². The van der Waals surface area contributed by atoms with E-state index in [0.717, 1.165) is 32.7 Å². The molecule has 0 aliphatic carbocycles. The molecule has 0 heterocycles. The Balaban J connectivity index is 1.87. The second kappa shape index (κ2) is 16.6. The average molecular weight is 634 g/mol. The smallest absolute Gasteiger partial charge is 0.0420 e. The van der Waals surface area contributed by atoms with Crippen LogP contribution in [0.1, 0.15) is 97.4 Å². The summed E-state index contributed by atoms with van der Waals surface area (Å²) in [4.78, 5) is 5.15. The molecule has 3 nitrogen and oxygen atoms in total. The van der Waals surface area contributed by atoms with Crippen LogP contribution in [0.3, 0.4) is 0 Å². The molecule has 3 heteroatoms. The minimum atomic E-state index is 0.120. The third-order valence-electron chi connectivity index (χ3n) is 8.83. The van der Waals surface area contributed by atoms with Gasteiger partial charge in [0.05, 0.1) is 0 Å². The van der Waals surface area contributed by atoms with Crippen molar-refractivity contribution in [3.8, 4) is 0 Å². The summed E-state index contributed by atoms with van der Waals surface area (Å²) in [6, 6.07) is 30.4. The van der Waals surface area contributed by atoms with Crippen molar-refractivity contribution in [3.63, 3.8) is 0 Å². The topological polar surface area (TPSA) is 18.5 Å². The summed E-state index contributed by atoms with van der Waals surface area (Å²) >= 11 is 0. The van der Waals surface area contributed by atoms with Crippen molar-refractivity contribution in [2.24, 2.45) is 29.6 Å². The van der Waals surface area contributed by atoms with Gasteiger partial charge in [-0.2, -0.15) is 0 Å². The number of hydrogen-bond donors (Lipinski definition) is 1. The maximum atomic E-state index is 3.73. The summed E-state index contributed by atoms with van der Waals surface area (Å²) in [5.74, 6) is 3.15. The molecule has 0 aliphatic rings. The van der Waals surface area contributed by atoms with Gasteiger partial charge < -0.3 is 15.1 Å². The van der Waals surface area contributed by atoms with E-state index < -0.39 is 0 Å². The van der Waals surface area contributed by atoms with Gasteiger partial charge in [0.1, 0.15) is 0 Å². The molecular formula is C44H63N3. The first-order valence-corrected chi connectivity index (χ1v) is 18.3. The highest BCUT2D eigenvalue weighted by atomic mass is 15.1. The molecule has 0 saturated carbocycles. The first-order valence-electron chi connectivity index (χ1n) is 18.3. The van der Waals surface area contributed by atoms with E-state index in [0.29, 0.717) is 29.6 Å². The largest absolute Gasteiger partial charge is 0.384 e. The lowest BCUT2D eigenvalue weighted by Crippen LogP contribution is -2.31. The van der Waals surface area contributed by atoms with Crippen molar-refractivity contribution < 1.29 is 0 Å². The van der Waals surface area contributed by atoms with E-state index in [1.54, 1.807) is 0 Å². The zero-order chi connectivity index (χ0) is 34.2. The second-order valence-electron chi connectivity index (χ2n) is 16.0. The third-order valence-corrected chi connectivity index (χ3v) is 8.83. The fourth-order valence-corrected chi connectivity index (χ4v) is 6.96. The Labute approximate surface area is 287 Å². The quantitative estimate of drug-likeness (QED) is 0.124. The van der Waals surface area contributed by atoms with Crippen LogP contribution >= 0.6 is 0 Å². The van der Waals surface area contributed by atoms with Crippen molar-refractivity contribution in [1.82, 2.24) is 0 Å². The first-order chi connectivity index (χ1) is 22.3. The highest BCUT2D eigenvalue weighted by molar-refractivity contribution is 5.97. The molecule has 0 aliphatic heterocycles. The molecule has 0 aromatic heterocycles. The summed E-state index contributed by atoms with van der Waals surface area (Å²) in [5, 5.41) is 6.35. The minimum Gasteiger partial charge on any atom is -0.384 e. The van der Waals surface area contributed by atoms with E-state index in [2.05, 4.69) is 170 Å². The Bertz CT molecular complexity index is 1530. The average Bonchev–Trinajstić information content (AvgIpc) is 3.00. The molecule has 254 valence electrons. The Morgan fingerprint density at radius 3 is 1.51 bits per heavy atom. The van der Waals surface area contributed by atoms with Crippen LogP contribution in [0.2, 0.25) is 0 Å². The minimum absolute atomic E-state index is 0.120. The van der Waals surface area contributed by atoms with Gasteiger partial charge in [-0.05, 0) is 94.5 Å². The van der Waals surface area contributed by atoms with Gasteiger partial charge in [0.25, 0.3) is 0 Å². The summed E-state index contributed by atoms with van der Waals surface area (Å²) in [6.07, 6.45) is 0. The summed E-state index contributed by atoms with van der Waals surface area (Å²) in [7, 11) is 0. The van der Waals surface area contributed by atoms with Crippen molar-refractivity contribution in [3.05, 3.63) is 101 Å². The first kappa shape index (κ1) is 36.4. The highest BCUT2D eigenvalue weighted by Crippen LogP contribution is 2.41. The van der Waals surface area contributed by atoms with Crippen LogP contribution in [-0.4, -0.2) is 32.7 Å². The molecule has 0 fully saturated rings. The van der Waals surface area contributed by atoms with Crippen molar-refractivity contribution in [1.29, 1.82) is 0 Å². The Morgan fingerprint density at radius 2 is 1.00 bits per heavy atom. The molecule has 4 rings (SSSR count).